The van der Waals surface area contributed by atoms with Crippen LogP contribution in [0.2, 0.25) is 0 Å². The fraction of sp³-hybridized carbons (Fsp3) is 0.444. The van der Waals surface area contributed by atoms with Gasteiger partial charge in [-0.05, 0) is 19.1 Å². The molecule has 1 unspecified atom stereocenters. The third kappa shape index (κ3) is 5.29. The van der Waals surface area contributed by atoms with Crippen molar-refractivity contribution in [3.63, 3.8) is 0 Å². The summed E-state index contributed by atoms with van der Waals surface area (Å²) >= 11 is 0. The lowest BCUT2D eigenvalue weighted by Crippen LogP contribution is -2.45. The van der Waals surface area contributed by atoms with Crippen LogP contribution in [0.1, 0.15) is 13.8 Å². The Morgan fingerprint density at radius 1 is 1.46 bits per heavy atom. The zero-order valence-corrected chi connectivity index (χ0v) is 14.9. The molecule has 2 rings (SSSR count). The Morgan fingerprint density at radius 3 is 2.81 bits per heavy atom. The first-order valence-corrected chi connectivity index (χ1v) is 8.37. The number of aliphatic imine (C=N–C) groups is 1. The highest BCUT2D eigenvalue weighted by atomic mass is 16.5. The first-order valence-electron chi connectivity index (χ1n) is 8.37. The second-order valence-corrected chi connectivity index (χ2v) is 5.58. The lowest BCUT2D eigenvalue weighted by atomic mass is 10.2. The quantitative estimate of drug-likeness (QED) is 0.622. The van der Waals surface area contributed by atoms with Crippen molar-refractivity contribution in [3.8, 4) is 5.75 Å². The van der Waals surface area contributed by atoms with Crippen LogP contribution in [0.25, 0.3) is 4.85 Å². The number of rotatable bonds is 6. The summed E-state index contributed by atoms with van der Waals surface area (Å²) in [7, 11) is 0. The first kappa shape index (κ1) is 19.4. The first-order chi connectivity index (χ1) is 12.5. The number of nitrogens with one attached hydrogen (secondary N) is 1. The molecule has 26 heavy (non-hydrogen) atoms. The van der Waals surface area contributed by atoms with Crippen LogP contribution in [0.4, 0.5) is 11.4 Å². The van der Waals surface area contributed by atoms with E-state index in [4.69, 9.17) is 16.0 Å². The number of carbonyl (C=O) groups excluding carboxylic acids is 2. The van der Waals surface area contributed by atoms with Gasteiger partial charge in [-0.2, -0.15) is 0 Å². The Morgan fingerprint density at radius 2 is 2.19 bits per heavy atom. The van der Waals surface area contributed by atoms with Crippen LogP contribution in [0, 0.1) is 6.57 Å². The molecule has 1 aromatic rings. The van der Waals surface area contributed by atoms with Gasteiger partial charge in [0, 0.05) is 26.1 Å². The van der Waals surface area contributed by atoms with E-state index in [1.54, 1.807) is 23.1 Å². The van der Waals surface area contributed by atoms with Crippen molar-refractivity contribution in [2.75, 3.05) is 38.2 Å². The van der Waals surface area contributed by atoms with Crippen LogP contribution in [-0.2, 0) is 14.3 Å². The second-order valence-electron chi connectivity index (χ2n) is 5.58. The third-order valence-electron chi connectivity index (χ3n) is 3.66. The zero-order chi connectivity index (χ0) is 18.9. The number of hydrogen-bond acceptors (Lipinski definition) is 5. The van der Waals surface area contributed by atoms with Crippen LogP contribution in [0.3, 0.4) is 0 Å². The predicted octanol–water partition coefficient (Wildman–Crippen LogP) is 1.89. The van der Waals surface area contributed by atoms with Gasteiger partial charge in [-0.25, -0.2) is 6.57 Å². The fourth-order valence-corrected chi connectivity index (χ4v) is 2.44. The molecule has 0 aliphatic carbocycles. The molecule has 8 nitrogen and oxygen atoms in total. The molecule has 138 valence electrons. The Bertz CT molecular complexity index is 720. The molecular formula is C18H22N4O4. The van der Waals surface area contributed by atoms with Crippen LogP contribution in [0.5, 0.6) is 5.75 Å². The van der Waals surface area contributed by atoms with Crippen LogP contribution in [0.15, 0.2) is 23.2 Å². The number of carbonyl (C=O) groups is 2. The van der Waals surface area contributed by atoms with Crippen molar-refractivity contribution >= 4 is 29.4 Å². The summed E-state index contributed by atoms with van der Waals surface area (Å²) in [5.41, 5.74) is 1.08. The second kappa shape index (κ2) is 9.53. The molecule has 1 aromatic carbocycles. The molecule has 1 atom stereocenters. The van der Waals surface area contributed by atoms with Crippen molar-refractivity contribution in [2.24, 2.45) is 4.99 Å². The van der Waals surface area contributed by atoms with Gasteiger partial charge in [-0.3, -0.25) is 19.4 Å². The number of amides is 2. The highest BCUT2D eigenvalue weighted by Crippen LogP contribution is 2.29. The normalized spacial score (nSPS) is 15.3. The van der Waals surface area contributed by atoms with Crippen LogP contribution < -0.4 is 10.1 Å². The highest BCUT2D eigenvalue weighted by molar-refractivity contribution is 6.00. The Hall–Kier alpha value is -2.92. The number of nitrogens with zero attached hydrogens (tertiary/aromatic N) is 3. The van der Waals surface area contributed by atoms with Gasteiger partial charge in [0.15, 0.2) is 0 Å². The summed E-state index contributed by atoms with van der Waals surface area (Å²) in [5.74, 6) is 0.00884. The maximum absolute atomic E-state index is 12.4. The van der Waals surface area contributed by atoms with Crippen molar-refractivity contribution < 1.29 is 19.1 Å². The Labute approximate surface area is 152 Å². The molecule has 1 aliphatic rings. The molecule has 0 spiro atoms. The monoisotopic (exact) mass is 358 g/mol. The van der Waals surface area contributed by atoms with E-state index in [0.717, 1.165) is 0 Å². The van der Waals surface area contributed by atoms with E-state index in [0.29, 0.717) is 50.0 Å². The van der Waals surface area contributed by atoms with Gasteiger partial charge in [-0.15, -0.1) is 0 Å². The maximum Gasteiger partial charge on any atom is 0.335 e. The molecule has 1 fully saturated rings. The topological polar surface area (TPSA) is 84.6 Å². The molecule has 0 saturated carbocycles. The van der Waals surface area contributed by atoms with Crippen molar-refractivity contribution in [1.29, 1.82) is 0 Å². The van der Waals surface area contributed by atoms with Gasteiger partial charge in [0.05, 0.1) is 37.4 Å². The summed E-state index contributed by atoms with van der Waals surface area (Å²) in [4.78, 5) is 32.9. The number of ether oxygens (including phenoxy) is 2. The predicted molar refractivity (Wildman–Crippen MR) is 97.9 cm³/mol. The van der Waals surface area contributed by atoms with E-state index in [9.17, 15) is 9.59 Å². The lowest BCUT2D eigenvalue weighted by Gasteiger charge is -2.26. The molecule has 0 aromatic heterocycles. The number of anilines is 1. The molecule has 0 bridgehead atoms. The number of morpholine rings is 1. The highest BCUT2D eigenvalue weighted by Gasteiger charge is 2.28. The van der Waals surface area contributed by atoms with E-state index in [1.807, 2.05) is 6.92 Å². The average Bonchev–Trinajstić information content (AvgIpc) is 2.64. The molecule has 1 aliphatic heterocycles. The van der Waals surface area contributed by atoms with Gasteiger partial charge in [0.1, 0.15) is 5.75 Å². The standard InChI is InChI=1S/C18H22N4O4/c1-4-26-17-11-14(5-6-15(17)21-13(2)23)20-12-16(19-3)18(24)22-7-9-25-10-8-22/h5-6,11-12,16H,4,7-10H2,1-2H3,(H,21,23). The molecule has 8 heteroatoms. The maximum atomic E-state index is 12.4. The largest absolute Gasteiger partial charge is 0.492 e. The smallest absolute Gasteiger partial charge is 0.335 e. The number of hydrogen-bond donors (Lipinski definition) is 1. The van der Waals surface area contributed by atoms with Gasteiger partial charge in [-0.1, -0.05) is 0 Å². The molecule has 2 amide bonds. The van der Waals surface area contributed by atoms with Crippen molar-refractivity contribution in [3.05, 3.63) is 29.6 Å². The van der Waals surface area contributed by atoms with E-state index in [2.05, 4.69) is 15.2 Å². The molecule has 0 radical (unpaired) electrons. The third-order valence-corrected chi connectivity index (χ3v) is 3.66. The number of benzene rings is 1. The van der Waals surface area contributed by atoms with E-state index in [-0.39, 0.29) is 11.8 Å². The zero-order valence-electron chi connectivity index (χ0n) is 14.9. The minimum Gasteiger partial charge on any atom is -0.492 e. The SMILES string of the molecule is [C-]#[N+]C(C=Nc1ccc(NC(C)=O)c(OCC)c1)C(=O)N1CCOCC1. The Kier molecular flexibility index (Phi) is 7.12. The molecule has 1 heterocycles. The Balaban J connectivity index is 2.14. The molecular weight excluding hydrogens is 336 g/mol. The fourth-order valence-electron chi connectivity index (χ4n) is 2.44. The van der Waals surface area contributed by atoms with Crippen LogP contribution in [-0.4, -0.2) is 61.9 Å². The average molecular weight is 358 g/mol. The summed E-state index contributed by atoms with van der Waals surface area (Å²) < 4.78 is 10.7. The minimum absolute atomic E-state index is 0.202. The van der Waals surface area contributed by atoms with E-state index in [1.165, 1.54) is 13.1 Å². The van der Waals surface area contributed by atoms with Crippen molar-refractivity contribution in [2.45, 2.75) is 19.9 Å². The van der Waals surface area contributed by atoms with Gasteiger partial charge in [0.25, 0.3) is 0 Å². The minimum atomic E-state index is -0.973. The van der Waals surface area contributed by atoms with Gasteiger partial charge in [0.2, 0.25) is 5.91 Å². The summed E-state index contributed by atoms with van der Waals surface area (Å²) in [6.07, 6.45) is 1.34. The molecule has 1 N–H and O–H groups in total. The summed E-state index contributed by atoms with van der Waals surface area (Å²) in [6.45, 7) is 12.9. The summed E-state index contributed by atoms with van der Waals surface area (Å²) in [6, 6.07) is 4.05. The van der Waals surface area contributed by atoms with E-state index >= 15 is 0 Å². The van der Waals surface area contributed by atoms with Gasteiger partial charge >= 0.3 is 11.9 Å². The van der Waals surface area contributed by atoms with Gasteiger partial charge < -0.3 is 19.7 Å². The summed E-state index contributed by atoms with van der Waals surface area (Å²) in [5, 5.41) is 2.69. The van der Waals surface area contributed by atoms with Crippen LogP contribution >= 0.6 is 0 Å². The van der Waals surface area contributed by atoms with E-state index < -0.39 is 6.04 Å². The van der Waals surface area contributed by atoms with Crippen molar-refractivity contribution in [1.82, 2.24) is 4.90 Å². The molecule has 1 saturated heterocycles. The lowest BCUT2D eigenvalue weighted by molar-refractivity contribution is -0.134.